The number of nitrogens with one attached hydrogen (secondary N) is 1. The van der Waals surface area contributed by atoms with Crippen LogP contribution >= 0.6 is 15.9 Å². The minimum atomic E-state index is -0.101. The summed E-state index contributed by atoms with van der Waals surface area (Å²) in [5.41, 5.74) is 2.84. The van der Waals surface area contributed by atoms with Crippen LogP contribution in [-0.4, -0.2) is 42.3 Å². The average Bonchev–Trinajstić information content (AvgIpc) is 2.89. The van der Waals surface area contributed by atoms with Crippen molar-refractivity contribution in [2.45, 2.75) is 25.4 Å². The number of halogens is 1. The quantitative estimate of drug-likeness (QED) is 0.291. The number of piperidine rings is 1. The number of hydrogen-bond acceptors (Lipinski definition) is 4. The van der Waals surface area contributed by atoms with Crippen molar-refractivity contribution in [2.75, 3.05) is 19.7 Å². The zero-order valence-corrected chi connectivity index (χ0v) is 21.1. The van der Waals surface area contributed by atoms with Crippen LogP contribution < -0.4 is 10.1 Å². The van der Waals surface area contributed by atoms with E-state index >= 15 is 0 Å². The number of allylic oxidation sites excluding steroid dienone is 1. The molecule has 5 nitrogen and oxygen atoms in total. The first-order chi connectivity index (χ1) is 17.0. The number of rotatable bonds is 9. The summed E-state index contributed by atoms with van der Waals surface area (Å²) >= 11 is 3.37. The van der Waals surface area contributed by atoms with Gasteiger partial charge in [-0.3, -0.25) is 14.5 Å². The Labute approximate surface area is 214 Å². The predicted octanol–water partition coefficient (Wildman–Crippen LogP) is 5.50. The summed E-state index contributed by atoms with van der Waals surface area (Å²) in [5, 5.41) is 3.09. The topological polar surface area (TPSA) is 58.6 Å². The highest BCUT2D eigenvalue weighted by Crippen LogP contribution is 2.16. The molecule has 6 heteroatoms. The molecule has 0 unspecified atom stereocenters. The molecule has 1 aliphatic heterocycles. The van der Waals surface area contributed by atoms with Crippen LogP contribution in [0.5, 0.6) is 5.75 Å². The number of carbonyl (C=O) groups is 2. The molecule has 0 radical (unpaired) electrons. The monoisotopic (exact) mass is 532 g/mol. The Morgan fingerprint density at radius 2 is 1.63 bits per heavy atom. The predicted molar refractivity (Wildman–Crippen MR) is 142 cm³/mol. The van der Waals surface area contributed by atoms with Crippen molar-refractivity contribution in [3.05, 3.63) is 106 Å². The van der Waals surface area contributed by atoms with Crippen LogP contribution in [0.15, 0.2) is 89.4 Å². The smallest absolute Gasteiger partial charge is 0.258 e. The molecule has 3 aromatic rings. The minimum absolute atomic E-state index is 0.0124. The molecule has 0 atom stereocenters. The molecule has 35 heavy (non-hydrogen) atoms. The van der Waals surface area contributed by atoms with Crippen molar-refractivity contribution >= 4 is 33.7 Å². The van der Waals surface area contributed by atoms with Crippen molar-refractivity contribution in [1.29, 1.82) is 0 Å². The molecule has 0 bridgehead atoms. The number of nitrogens with zero attached hydrogens (tertiary/aromatic N) is 1. The normalized spacial score (nSPS) is 14.7. The molecule has 1 amide bonds. The Hall–Kier alpha value is -3.22. The maximum absolute atomic E-state index is 12.4. The lowest BCUT2D eigenvalue weighted by atomic mass is 10.0. The molecule has 4 rings (SSSR count). The molecule has 0 aromatic heterocycles. The Morgan fingerprint density at radius 3 is 2.31 bits per heavy atom. The van der Waals surface area contributed by atoms with E-state index in [-0.39, 0.29) is 24.3 Å². The second kappa shape index (κ2) is 12.5. The van der Waals surface area contributed by atoms with E-state index in [2.05, 4.69) is 50.4 Å². The lowest BCUT2D eigenvalue weighted by Gasteiger charge is -2.32. The van der Waals surface area contributed by atoms with Crippen LogP contribution in [0.2, 0.25) is 0 Å². The Morgan fingerprint density at radius 1 is 0.943 bits per heavy atom. The van der Waals surface area contributed by atoms with E-state index in [4.69, 9.17) is 4.74 Å². The van der Waals surface area contributed by atoms with Crippen molar-refractivity contribution in [3.8, 4) is 5.75 Å². The molecule has 1 heterocycles. The number of ether oxygens (including phenoxy) is 1. The van der Waals surface area contributed by atoms with Crippen LogP contribution in [0, 0.1) is 0 Å². The molecule has 1 fully saturated rings. The molecule has 0 spiro atoms. The van der Waals surface area contributed by atoms with Gasteiger partial charge in [0, 0.05) is 35.7 Å². The summed E-state index contributed by atoms with van der Waals surface area (Å²) in [6.45, 7) is 2.88. The summed E-state index contributed by atoms with van der Waals surface area (Å²) in [6, 6.07) is 25.3. The van der Waals surface area contributed by atoms with Crippen LogP contribution in [0.25, 0.3) is 6.08 Å². The fourth-order valence-electron chi connectivity index (χ4n) is 4.05. The molecule has 1 saturated heterocycles. The fraction of sp³-hybridized carbons (Fsp3) is 0.241. The third kappa shape index (κ3) is 7.91. The third-order valence-electron chi connectivity index (χ3n) is 6.01. The van der Waals surface area contributed by atoms with Crippen molar-refractivity contribution in [1.82, 2.24) is 10.2 Å². The summed E-state index contributed by atoms with van der Waals surface area (Å²) in [6.07, 6.45) is 5.21. The number of benzene rings is 3. The Bertz CT molecular complexity index is 1140. The van der Waals surface area contributed by atoms with Gasteiger partial charge in [0.05, 0.1) is 0 Å². The van der Waals surface area contributed by atoms with Crippen LogP contribution in [-0.2, 0) is 11.3 Å². The molecule has 180 valence electrons. The van der Waals surface area contributed by atoms with E-state index in [0.29, 0.717) is 11.3 Å². The van der Waals surface area contributed by atoms with Gasteiger partial charge in [-0.05, 0) is 66.4 Å². The van der Waals surface area contributed by atoms with E-state index in [0.717, 1.165) is 42.5 Å². The maximum atomic E-state index is 12.4. The van der Waals surface area contributed by atoms with Crippen molar-refractivity contribution < 1.29 is 14.3 Å². The van der Waals surface area contributed by atoms with Gasteiger partial charge in [-0.25, -0.2) is 0 Å². The Balaban J connectivity index is 1.17. The highest BCUT2D eigenvalue weighted by molar-refractivity contribution is 9.10. The summed E-state index contributed by atoms with van der Waals surface area (Å²) in [5.74, 6) is 0.463. The summed E-state index contributed by atoms with van der Waals surface area (Å²) in [4.78, 5) is 27.0. The largest absolute Gasteiger partial charge is 0.484 e. The van der Waals surface area contributed by atoms with Gasteiger partial charge in [-0.15, -0.1) is 0 Å². The van der Waals surface area contributed by atoms with Gasteiger partial charge in [0.25, 0.3) is 5.91 Å². The highest BCUT2D eigenvalue weighted by atomic mass is 79.9. The first-order valence-corrected chi connectivity index (χ1v) is 12.6. The standard InChI is InChI=1S/C29H29BrN2O3/c30-25-11-9-24(10-12-25)28(33)15-8-22-6-13-27(14-7-22)35-21-29(34)31-26-16-18-32(19-17-26)20-23-4-2-1-3-5-23/h1-15,26H,16-21H2,(H,31,34)/b15-8+. The van der Waals surface area contributed by atoms with E-state index in [9.17, 15) is 9.59 Å². The van der Waals surface area contributed by atoms with Crippen LogP contribution in [0.3, 0.4) is 0 Å². The minimum Gasteiger partial charge on any atom is -0.484 e. The van der Waals surface area contributed by atoms with E-state index in [1.807, 2.05) is 30.3 Å². The molecular formula is C29H29BrN2O3. The zero-order chi connectivity index (χ0) is 24.5. The molecule has 3 aromatic carbocycles. The number of hydrogen-bond donors (Lipinski definition) is 1. The van der Waals surface area contributed by atoms with Gasteiger partial charge >= 0.3 is 0 Å². The second-order valence-electron chi connectivity index (χ2n) is 8.67. The van der Waals surface area contributed by atoms with Gasteiger partial charge in [0.15, 0.2) is 12.4 Å². The number of carbonyl (C=O) groups excluding carboxylic acids is 2. The average molecular weight is 533 g/mol. The summed E-state index contributed by atoms with van der Waals surface area (Å²) < 4.78 is 6.59. The van der Waals surface area contributed by atoms with Gasteiger partial charge in [0.1, 0.15) is 5.75 Å². The zero-order valence-electron chi connectivity index (χ0n) is 19.5. The van der Waals surface area contributed by atoms with Gasteiger partial charge in [-0.2, -0.15) is 0 Å². The maximum Gasteiger partial charge on any atom is 0.258 e. The lowest BCUT2D eigenvalue weighted by molar-refractivity contribution is -0.124. The first-order valence-electron chi connectivity index (χ1n) is 11.8. The van der Waals surface area contributed by atoms with Crippen molar-refractivity contribution in [2.24, 2.45) is 0 Å². The Kier molecular flexibility index (Phi) is 8.87. The van der Waals surface area contributed by atoms with Gasteiger partial charge in [-0.1, -0.05) is 64.5 Å². The van der Waals surface area contributed by atoms with E-state index in [1.165, 1.54) is 5.56 Å². The molecule has 1 N–H and O–H groups in total. The van der Waals surface area contributed by atoms with E-state index in [1.54, 1.807) is 36.4 Å². The van der Waals surface area contributed by atoms with Crippen LogP contribution in [0.4, 0.5) is 0 Å². The van der Waals surface area contributed by atoms with Gasteiger partial charge < -0.3 is 10.1 Å². The number of ketones is 1. The number of likely N-dealkylation sites (tertiary alicyclic amines) is 1. The molecule has 0 saturated carbocycles. The SMILES string of the molecule is O=C(COc1ccc(/C=C/C(=O)c2ccc(Br)cc2)cc1)NC1CCN(Cc2ccccc2)CC1. The molecular weight excluding hydrogens is 504 g/mol. The van der Waals surface area contributed by atoms with Gasteiger partial charge in [0.2, 0.25) is 0 Å². The number of amides is 1. The first kappa shape index (κ1) is 24.9. The highest BCUT2D eigenvalue weighted by Gasteiger charge is 2.20. The lowest BCUT2D eigenvalue weighted by Crippen LogP contribution is -2.45. The van der Waals surface area contributed by atoms with Crippen molar-refractivity contribution in [3.63, 3.8) is 0 Å². The fourth-order valence-corrected chi connectivity index (χ4v) is 4.32. The van der Waals surface area contributed by atoms with E-state index < -0.39 is 0 Å². The molecule has 1 aliphatic rings. The summed E-state index contributed by atoms with van der Waals surface area (Å²) in [7, 11) is 0. The van der Waals surface area contributed by atoms with Crippen LogP contribution in [0.1, 0.15) is 34.3 Å². The molecule has 0 aliphatic carbocycles. The third-order valence-corrected chi connectivity index (χ3v) is 6.54. The second-order valence-corrected chi connectivity index (χ2v) is 9.58.